The first kappa shape index (κ1) is 11.1. The molecule has 0 amide bonds. The zero-order valence-electron chi connectivity index (χ0n) is 6.55. The van der Waals surface area contributed by atoms with E-state index in [4.69, 9.17) is 5.26 Å². The van der Waals surface area contributed by atoms with Gasteiger partial charge in [-0.2, -0.15) is 5.26 Å². The van der Waals surface area contributed by atoms with E-state index in [1.54, 1.807) is 6.07 Å². The van der Waals surface area contributed by atoms with Gasteiger partial charge >= 0.3 is 0 Å². The normalized spacial score (nSPS) is 16.6. The highest BCUT2D eigenvalue weighted by atomic mass is 35.7. The summed E-state index contributed by atoms with van der Waals surface area (Å²) in [4.78, 5) is -1.55. The van der Waals surface area contributed by atoms with E-state index >= 15 is 0 Å². The van der Waals surface area contributed by atoms with E-state index in [1.165, 1.54) is 0 Å². The highest BCUT2D eigenvalue weighted by Gasteiger charge is 2.62. The van der Waals surface area contributed by atoms with Crippen LogP contribution in [-0.4, -0.2) is 0 Å². The third-order valence-electron chi connectivity index (χ3n) is 1.43. The van der Waals surface area contributed by atoms with Gasteiger partial charge in [-0.25, -0.2) is 0 Å². The van der Waals surface area contributed by atoms with Crippen LogP contribution in [-0.2, 0) is 0 Å². The molecule has 1 aromatic rings. The van der Waals surface area contributed by atoms with E-state index < -0.39 is 13.9 Å². The maximum Gasteiger partial charge on any atom is 0.253 e. The minimum Gasteiger partial charge on any atom is -0.192 e. The Morgan fingerprint density at radius 3 is 1.79 bits per heavy atom. The average Bonchev–Trinajstić information content (AvgIpc) is 2.01. The zero-order chi connectivity index (χ0) is 11.1. The highest BCUT2D eigenvalue weighted by Crippen LogP contribution is 3.04. The topological polar surface area (TPSA) is 23.8 Å². The predicted octanol–water partition coefficient (Wildman–Crippen LogP) is 4.48. The minimum absolute atomic E-state index is 0.00673. The number of halogens is 5. The van der Waals surface area contributed by atoms with Crippen molar-refractivity contribution in [1.29, 1.82) is 5.26 Å². The highest BCUT2D eigenvalue weighted by molar-refractivity contribution is 8.65. The summed E-state index contributed by atoms with van der Waals surface area (Å²) in [5.74, 6) is 0. The van der Waals surface area contributed by atoms with Crippen LogP contribution >= 0.6 is 19.7 Å². The molecule has 0 saturated carbocycles. The van der Waals surface area contributed by atoms with Gasteiger partial charge in [-0.05, 0) is 24.3 Å². The zero-order valence-corrected chi connectivity index (χ0v) is 8.13. The summed E-state index contributed by atoms with van der Waals surface area (Å²) in [7, 11) is -4.57. The fraction of sp³-hybridized carbons (Fsp3) is 0. The van der Waals surface area contributed by atoms with Gasteiger partial charge < -0.3 is 0 Å². The van der Waals surface area contributed by atoms with Crippen LogP contribution in [0, 0.1) is 11.3 Å². The molecule has 0 N–H and O–H groups in total. The van der Waals surface area contributed by atoms with Gasteiger partial charge in [0.1, 0.15) is 0 Å². The molecule has 1 aromatic carbocycles. The summed E-state index contributed by atoms with van der Waals surface area (Å²) in [6, 6.07) is 4.23. The monoisotopic (exact) mass is 245 g/mol. The summed E-state index contributed by atoms with van der Waals surface area (Å²) in [6.07, 6.45) is 0. The van der Waals surface area contributed by atoms with Gasteiger partial charge in [-0.15, -0.1) is 15.5 Å². The van der Waals surface area contributed by atoms with Crippen molar-refractivity contribution in [3.8, 4) is 6.07 Å². The Morgan fingerprint density at radius 2 is 1.50 bits per heavy atom. The molecule has 0 spiro atoms. The third-order valence-corrected chi connectivity index (χ3v) is 3.13. The van der Waals surface area contributed by atoms with Crippen molar-refractivity contribution in [2.45, 2.75) is 4.90 Å². The molecule has 14 heavy (non-hydrogen) atoms. The van der Waals surface area contributed by atoms with Gasteiger partial charge in [-0.1, -0.05) is 0 Å². The molecule has 0 atom stereocenters. The summed E-state index contributed by atoms with van der Waals surface area (Å²) in [5, 5.41) is 8.31. The van der Waals surface area contributed by atoms with Crippen LogP contribution in [0.25, 0.3) is 0 Å². The summed E-state index contributed by atoms with van der Waals surface area (Å²) in [6.45, 7) is 0. The van der Waals surface area contributed by atoms with Gasteiger partial charge in [0.15, 0.2) is 0 Å². The lowest BCUT2D eigenvalue weighted by Crippen LogP contribution is -2.03. The summed E-state index contributed by atoms with van der Waals surface area (Å²) < 4.78 is 50.1. The Morgan fingerprint density at radius 1 is 1.07 bits per heavy atom. The second-order valence-electron chi connectivity index (χ2n) is 2.61. The maximum atomic E-state index is 12.5. The molecule has 78 valence electrons. The minimum atomic E-state index is -8.60. The molecule has 0 unspecified atom stereocenters. The van der Waals surface area contributed by atoms with E-state index in [2.05, 4.69) is 10.7 Å². The van der Waals surface area contributed by atoms with Crippen LogP contribution < -0.4 is 0 Å². The number of nitriles is 1. The Bertz CT molecular complexity index is 401. The van der Waals surface area contributed by atoms with Gasteiger partial charge in [-0.3, -0.25) is 0 Å². The largest absolute Gasteiger partial charge is 0.253 e. The Labute approximate surface area is 81.8 Å². The van der Waals surface area contributed by atoms with Crippen LogP contribution in [0.2, 0.25) is 0 Å². The molecule has 1 rings (SSSR count). The molecule has 0 aliphatic heterocycles. The van der Waals surface area contributed by atoms with Gasteiger partial charge in [0.25, 0.3) is 9.05 Å². The second-order valence-corrected chi connectivity index (χ2v) is 6.88. The van der Waals surface area contributed by atoms with Crippen molar-refractivity contribution >= 4 is 19.7 Å². The fourth-order valence-corrected chi connectivity index (χ4v) is 1.75. The van der Waals surface area contributed by atoms with Crippen LogP contribution in [0.5, 0.6) is 0 Å². The number of hydrogen-bond acceptors (Lipinski definition) is 1. The number of rotatable bonds is 1. The first-order valence-corrected chi connectivity index (χ1v) is 6.15. The van der Waals surface area contributed by atoms with Crippen LogP contribution in [0.3, 0.4) is 0 Å². The number of nitrogens with zero attached hydrogens (tertiary/aromatic N) is 1. The van der Waals surface area contributed by atoms with Crippen molar-refractivity contribution in [3.05, 3.63) is 29.8 Å². The Balaban J connectivity index is 3.33. The van der Waals surface area contributed by atoms with E-state index in [0.29, 0.717) is 12.1 Å². The average molecular weight is 246 g/mol. The van der Waals surface area contributed by atoms with Crippen LogP contribution in [0.1, 0.15) is 5.56 Å². The molecule has 0 aliphatic rings. The SMILES string of the molecule is N#Cc1ccc(S(F)(F)(F)(F)Cl)cc1. The van der Waals surface area contributed by atoms with Crippen molar-refractivity contribution in [3.63, 3.8) is 0 Å². The standard InChI is InChI=1S/C7H4ClF4NS/c8-14(9,10,11,12)7-3-1-6(5-13)2-4-7/h1-4H. The third kappa shape index (κ3) is 2.53. The lowest BCUT2D eigenvalue weighted by atomic mass is 10.2. The molecular weight excluding hydrogens is 242 g/mol. The van der Waals surface area contributed by atoms with E-state index in [0.717, 1.165) is 12.1 Å². The molecule has 7 heteroatoms. The summed E-state index contributed by atoms with van der Waals surface area (Å²) >= 11 is 0. The molecule has 0 heterocycles. The first-order chi connectivity index (χ1) is 6.03. The lowest BCUT2D eigenvalue weighted by Gasteiger charge is -2.42. The lowest BCUT2D eigenvalue weighted by molar-refractivity contribution is 0.480. The summed E-state index contributed by atoms with van der Waals surface area (Å²) in [5.41, 5.74) is 0.00673. The molecule has 0 fully saturated rings. The number of benzene rings is 1. The molecule has 1 nitrogen and oxygen atoms in total. The predicted molar refractivity (Wildman–Crippen MR) is 47.3 cm³/mol. The quantitative estimate of drug-likeness (QED) is 0.669. The fourth-order valence-electron chi connectivity index (χ4n) is 0.787. The molecule has 0 aromatic heterocycles. The second kappa shape index (κ2) is 2.35. The van der Waals surface area contributed by atoms with E-state index in [-0.39, 0.29) is 5.56 Å². The van der Waals surface area contributed by atoms with Crippen molar-refractivity contribution in [2.24, 2.45) is 0 Å². The molecule has 0 bridgehead atoms. The van der Waals surface area contributed by atoms with Gasteiger partial charge in [0.05, 0.1) is 16.5 Å². The van der Waals surface area contributed by atoms with E-state index in [9.17, 15) is 15.5 Å². The van der Waals surface area contributed by atoms with Gasteiger partial charge in [0.2, 0.25) is 0 Å². The Kier molecular flexibility index (Phi) is 1.87. The van der Waals surface area contributed by atoms with Crippen molar-refractivity contribution in [2.75, 3.05) is 0 Å². The molecule has 0 aliphatic carbocycles. The first-order valence-electron chi connectivity index (χ1n) is 3.27. The smallest absolute Gasteiger partial charge is 0.192 e. The Hall–Kier alpha value is -0.930. The van der Waals surface area contributed by atoms with Crippen LogP contribution in [0.4, 0.5) is 15.5 Å². The molecule has 0 saturated heterocycles. The molecular formula is C7H4ClF4NS. The van der Waals surface area contributed by atoms with E-state index in [1.807, 2.05) is 0 Å². The van der Waals surface area contributed by atoms with Crippen LogP contribution in [0.15, 0.2) is 29.2 Å². The van der Waals surface area contributed by atoms with Crippen molar-refractivity contribution in [1.82, 2.24) is 0 Å². The van der Waals surface area contributed by atoms with Gasteiger partial charge in [0, 0.05) is 10.7 Å². The molecule has 0 radical (unpaired) electrons. The number of hydrogen-bond donors (Lipinski definition) is 0. The van der Waals surface area contributed by atoms with Crippen molar-refractivity contribution < 1.29 is 15.5 Å². The maximum absolute atomic E-state index is 12.5.